The quantitative estimate of drug-likeness (QED) is 0.544. The van der Waals surface area contributed by atoms with Gasteiger partial charge in [0, 0.05) is 12.1 Å². The highest BCUT2D eigenvalue weighted by molar-refractivity contribution is 7.89. The molecule has 1 N–H and O–H groups in total. The van der Waals surface area contributed by atoms with Crippen LogP contribution >= 0.6 is 0 Å². The van der Waals surface area contributed by atoms with Crippen LogP contribution in [0.1, 0.15) is 5.56 Å². The van der Waals surface area contributed by atoms with E-state index in [2.05, 4.69) is 0 Å². The molecule has 0 atom stereocenters. The minimum absolute atomic E-state index is 0.0343. The van der Waals surface area contributed by atoms with E-state index in [4.69, 9.17) is 4.74 Å². The number of ether oxygens (including phenoxy) is 1. The van der Waals surface area contributed by atoms with Crippen molar-refractivity contribution in [1.82, 2.24) is 4.31 Å². The van der Waals surface area contributed by atoms with Crippen LogP contribution in [0.3, 0.4) is 0 Å². The molecule has 0 amide bonds. The molecule has 1 fully saturated rings. The molecular formula is C19H24N3O5S+. The Morgan fingerprint density at radius 1 is 1.14 bits per heavy atom. The van der Waals surface area contributed by atoms with Gasteiger partial charge in [0.05, 0.1) is 36.0 Å². The molecule has 1 saturated heterocycles. The van der Waals surface area contributed by atoms with E-state index in [0.29, 0.717) is 32.8 Å². The van der Waals surface area contributed by atoms with Gasteiger partial charge in [0.1, 0.15) is 18.9 Å². The minimum atomic E-state index is -3.73. The molecule has 0 radical (unpaired) electrons. The Bertz CT molecular complexity index is 940. The maximum Gasteiger partial charge on any atom is 0.270 e. The predicted octanol–water partition coefficient (Wildman–Crippen LogP) is 0.871. The van der Waals surface area contributed by atoms with Crippen molar-refractivity contribution in [2.45, 2.75) is 11.8 Å². The molecule has 28 heavy (non-hydrogen) atoms. The molecule has 0 unspecified atom stereocenters. The number of hydrogen-bond acceptors (Lipinski definition) is 5. The van der Waals surface area contributed by atoms with Crippen molar-refractivity contribution in [3.8, 4) is 5.75 Å². The van der Waals surface area contributed by atoms with Gasteiger partial charge in [-0.05, 0) is 30.7 Å². The van der Waals surface area contributed by atoms with Crippen molar-refractivity contribution in [2.24, 2.45) is 0 Å². The molecule has 1 aliphatic rings. The topological polar surface area (TPSA) is 94.2 Å². The lowest BCUT2D eigenvalue weighted by Gasteiger charge is -2.31. The van der Waals surface area contributed by atoms with Crippen LogP contribution in [0, 0.1) is 17.0 Å². The average molecular weight is 406 g/mol. The second-order valence-electron chi connectivity index (χ2n) is 6.82. The van der Waals surface area contributed by atoms with Gasteiger partial charge in [0.25, 0.3) is 5.69 Å². The van der Waals surface area contributed by atoms with Crippen LogP contribution in [-0.2, 0) is 10.0 Å². The number of sulfonamides is 1. The summed E-state index contributed by atoms with van der Waals surface area (Å²) in [6.07, 6.45) is 0. The zero-order chi connectivity index (χ0) is 20.1. The lowest BCUT2D eigenvalue weighted by atomic mass is 10.2. The van der Waals surface area contributed by atoms with Gasteiger partial charge in [-0.15, -0.1) is 0 Å². The molecule has 2 aromatic carbocycles. The van der Waals surface area contributed by atoms with Crippen molar-refractivity contribution < 1.29 is 23.0 Å². The Hall–Kier alpha value is -2.49. The number of nitrogens with zero attached hydrogens (tertiary/aromatic N) is 2. The average Bonchev–Trinajstić information content (AvgIpc) is 2.68. The molecular weight excluding hydrogens is 382 g/mol. The van der Waals surface area contributed by atoms with Crippen LogP contribution in [0.5, 0.6) is 5.75 Å². The van der Waals surface area contributed by atoms with Crippen molar-refractivity contribution in [1.29, 1.82) is 0 Å². The lowest BCUT2D eigenvalue weighted by molar-refractivity contribution is -0.903. The van der Waals surface area contributed by atoms with Crippen LogP contribution in [0.25, 0.3) is 0 Å². The Balaban J connectivity index is 1.53. The number of quaternary nitrogens is 1. The van der Waals surface area contributed by atoms with Gasteiger partial charge in [0.2, 0.25) is 10.0 Å². The van der Waals surface area contributed by atoms with E-state index in [1.54, 1.807) is 0 Å². The summed E-state index contributed by atoms with van der Waals surface area (Å²) >= 11 is 0. The number of nitro benzene ring substituents is 1. The number of benzene rings is 2. The molecule has 0 aliphatic carbocycles. The highest BCUT2D eigenvalue weighted by Crippen LogP contribution is 2.20. The molecule has 150 valence electrons. The van der Waals surface area contributed by atoms with E-state index in [0.717, 1.165) is 23.9 Å². The largest absolute Gasteiger partial charge is 0.488 e. The van der Waals surface area contributed by atoms with Gasteiger partial charge in [-0.2, -0.15) is 4.31 Å². The number of non-ortho nitro benzene ring substituents is 1. The van der Waals surface area contributed by atoms with Gasteiger partial charge in [0.15, 0.2) is 0 Å². The third-order valence-electron chi connectivity index (χ3n) is 4.81. The fourth-order valence-corrected chi connectivity index (χ4v) is 4.70. The van der Waals surface area contributed by atoms with Crippen molar-refractivity contribution >= 4 is 15.7 Å². The molecule has 8 nitrogen and oxygen atoms in total. The normalized spacial score (nSPS) is 16.0. The number of nitro groups is 1. The summed E-state index contributed by atoms with van der Waals surface area (Å²) in [6, 6.07) is 13.1. The number of aryl methyl sites for hydroxylation is 1. The fraction of sp³-hybridized carbons (Fsp3) is 0.368. The Labute approximate surface area is 164 Å². The third-order valence-corrected chi connectivity index (χ3v) is 6.70. The van der Waals surface area contributed by atoms with Gasteiger partial charge >= 0.3 is 0 Å². The van der Waals surface area contributed by atoms with E-state index in [1.165, 1.54) is 27.4 Å². The summed E-state index contributed by atoms with van der Waals surface area (Å²) in [6.45, 7) is 5.47. The monoisotopic (exact) mass is 406 g/mol. The van der Waals surface area contributed by atoms with E-state index in [9.17, 15) is 18.5 Å². The zero-order valence-corrected chi connectivity index (χ0v) is 16.5. The summed E-state index contributed by atoms with van der Waals surface area (Å²) in [4.78, 5) is 11.6. The molecule has 1 heterocycles. The van der Waals surface area contributed by atoms with Crippen molar-refractivity contribution in [3.05, 3.63) is 64.2 Å². The van der Waals surface area contributed by atoms with E-state index >= 15 is 0 Å². The van der Waals surface area contributed by atoms with E-state index in [-0.39, 0.29) is 10.6 Å². The molecule has 0 aromatic heterocycles. The third kappa shape index (κ3) is 4.86. The fourth-order valence-electron chi connectivity index (χ4n) is 3.22. The number of rotatable bonds is 7. The Morgan fingerprint density at radius 2 is 1.86 bits per heavy atom. The summed E-state index contributed by atoms with van der Waals surface area (Å²) in [5.41, 5.74) is 0.920. The van der Waals surface area contributed by atoms with E-state index < -0.39 is 14.9 Å². The molecule has 9 heteroatoms. The molecule has 3 rings (SSSR count). The van der Waals surface area contributed by atoms with Gasteiger partial charge in [-0.25, -0.2) is 8.42 Å². The summed E-state index contributed by atoms with van der Waals surface area (Å²) < 4.78 is 32.7. The first kappa shape index (κ1) is 20.2. The summed E-state index contributed by atoms with van der Waals surface area (Å²) in [7, 11) is -3.73. The first-order valence-corrected chi connectivity index (χ1v) is 10.6. The molecule has 2 aromatic rings. The smallest absolute Gasteiger partial charge is 0.270 e. The second-order valence-corrected chi connectivity index (χ2v) is 8.76. The number of piperazine rings is 1. The molecule has 0 spiro atoms. The summed E-state index contributed by atoms with van der Waals surface area (Å²) in [5, 5.41) is 10.9. The van der Waals surface area contributed by atoms with Gasteiger partial charge in [-0.1, -0.05) is 18.2 Å². The Morgan fingerprint density at radius 3 is 2.54 bits per heavy atom. The SMILES string of the molecule is Cc1cccc(OCC[NH+]2CCN(S(=O)(=O)c3cccc([N+](=O)[O-])c3)CC2)c1. The van der Waals surface area contributed by atoms with Crippen LogP contribution in [0.4, 0.5) is 5.69 Å². The van der Waals surface area contributed by atoms with Crippen molar-refractivity contribution in [2.75, 3.05) is 39.3 Å². The highest BCUT2D eigenvalue weighted by Gasteiger charge is 2.31. The maximum atomic E-state index is 12.8. The van der Waals surface area contributed by atoms with Crippen LogP contribution in [0.2, 0.25) is 0 Å². The maximum absolute atomic E-state index is 12.8. The van der Waals surface area contributed by atoms with Gasteiger partial charge in [-0.3, -0.25) is 10.1 Å². The second kappa shape index (κ2) is 8.68. The molecule has 0 bridgehead atoms. The van der Waals surface area contributed by atoms with Crippen molar-refractivity contribution in [3.63, 3.8) is 0 Å². The van der Waals surface area contributed by atoms with Crippen LogP contribution < -0.4 is 9.64 Å². The first-order valence-electron chi connectivity index (χ1n) is 9.14. The number of nitrogens with one attached hydrogen (secondary N) is 1. The Kier molecular flexibility index (Phi) is 6.28. The predicted molar refractivity (Wildman–Crippen MR) is 104 cm³/mol. The first-order chi connectivity index (χ1) is 13.4. The van der Waals surface area contributed by atoms with E-state index in [1.807, 2.05) is 31.2 Å². The zero-order valence-electron chi connectivity index (χ0n) is 15.7. The molecule has 1 aliphatic heterocycles. The number of hydrogen-bond donors (Lipinski definition) is 1. The lowest BCUT2D eigenvalue weighted by Crippen LogP contribution is -3.15. The molecule has 0 saturated carbocycles. The van der Waals surface area contributed by atoms with Crippen LogP contribution in [-0.4, -0.2) is 57.0 Å². The highest BCUT2D eigenvalue weighted by atomic mass is 32.2. The minimum Gasteiger partial charge on any atom is -0.488 e. The van der Waals surface area contributed by atoms with Gasteiger partial charge < -0.3 is 9.64 Å². The standard InChI is InChI=1S/C19H23N3O5S/c1-16-4-2-6-18(14-16)27-13-12-20-8-10-21(11-9-20)28(25,26)19-7-3-5-17(15-19)22(23)24/h2-7,14-15H,8-13H2,1H3/p+1. The van der Waals surface area contributed by atoms with Crippen LogP contribution in [0.15, 0.2) is 53.4 Å². The summed E-state index contributed by atoms with van der Waals surface area (Å²) in [5.74, 6) is 0.839.